The van der Waals surface area contributed by atoms with Crippen molar-refractivity contribution in [2.24, 2.45) is 5.73 Å². The van der Waals surface area contributed by atoms with Crippen LogP contribution < -0.4 is 5.73 Å². The maximum atomic E-state index is 10.3. The zero-order valence-corrected chi connectivity index (χ0v) is 7.74. The van der Waals surface area contributed by atoms with Gasteiger partial charge in [0.2, 0.25) is 0 Å². The molecule has 1 aromatic rings. The molecule has 0 fully saturated rings. The van der Waals surface area contributed by atoms with Gasteiger partial charge in [-0.15, -0.1) is 0 Å². The van der Waals surface area contributed by atoms with Crippen molar-refractivity contribution in [3.05, 3.63) is 22.6 Å². The number of hydrogen-bond donors (Lipinski definition) is 2. The van der Waals surface area contributed by atoms with Crippen LogP contribution in [-0.2, 0) is 4.79 Å². The van der Waals surface area contributed by atoms with Crippen molar-refractivity contribution >= 4 is 21.9 Å². The highest BCUT2D eigenvalue weighted by Gasteiger charge is 2.16. The van der Waals surface area contributed by atoms with E-state index in [1.807, 2.05) is 0 Å². The second-order valence-electron chi connectivity index (χ2n) is 2.34. The number of carbonyl (C=O) groups is 1. The molecule has 3 N–H and O–H groups in total. The quantitative estimate of drug-likeness (QED) is 0.831. The summed E-state index contributed by atoms with van der Waals surface area (Å²) < 4.78 is 5.70. The zero-order valence-electron chi connectivity index (χ0n) is 6.16. The Morgan fingerprint density at radius 3 is 2.92 bits per heavy atom. The lowest BCUT2D eigenvalue weighted by Gasteiger charge is -2.04. The summed E-state index contributed by atoms with van der Waals surface area (Å²) in [5, 5.41) is 8.44. The largest absolute Gasteiger partial charge is 0.481 e. The fourth-order valence-corrected chi connectivity index (χ4v) is 1.35. The third kappa shape index (κ3) is 2.09. The first kappa shape index (κ1) is 9.28. The molecule has 0 aliphatic carbocycles. The van der Waals surface area contributed by atoms with Gasteiger partial charge in [-0.1, -0.05) is 0 Å². The number of halogens is 1. The third-order valence-electron chi connectivity index (χ3n) is 1.38. The van der Waals surface area contributed by atoms with Gasteiger partial charge in [-0.3, -0.25) is 4.79 Å². The van der Waals surface area contributed by atoms with Gasteiger partial charge in [-0.25, -0.2) is 0 Å². The number of hydrogen-bond acceptors (Lipinski definition) is 3. The third-order valence-corrected chi connectivity index (χ3v) is 2.03. The second-order valence-corrected chi connectivity index (χ2v) is 3.19. The number of carboxylic acid groups (broad SMARTS) is 1. The average Bonchev–Trinajstić information content (AvgIpc) is 2.33. The molecule has 0 amide bonds. The lowest BCUT2D eigenvalue weighted by Crippen LogP contribution is -2.14. The van der Waals surface area contributed by atoms with Gasteiger partial charge in [0.15, 0.2) is 0 Å². The van der Waals surface area contributed by atoms with E-state index in [1.54, 1.807) is 6.07 Å². The van der Waals surface area contributed by atoms with Crippen LogP contribution in [0.1, 0.15) is 18.2 Å². The Morgan fingerprint density at radius 1 is 1.83 bits per heavy atom. The first-order valence-electron chi connectivity index (χ1n) is 3.31. The Bertz CT molecular complexity index is 284. The molecule has 12 heavy (non-hydrogen) atoms. The molecule has 1 aromatic heterocycles. The average molecular weight is 234 g/mol. The molecule has 4 nitrogen and oxygen atoms in total. The van der Waals surface area contributed by atoms with Crippen LogP contribution in [0.3, 0.4) is 0 Å². The summed E-state index contributed by atoms with van der Waals surface area (Å²) in [5.41, 5.74) is 5.54. The van der Waals surface area contributed by atoms with Crippen molar-refractivity contribution in [3.8, 4) is 0 Å². The fourth-order valence-electron chi connectivity index (χ4n) is 0.851. The lowest BCUT2D eigenvalue weighted by molar-refractivity contribution is -0.137. The van der Waals surface area contributed by atoms with Gasteiger partial charge in [0.05, 0.1) is 23.2 Å². The molecule has 0 aliphatic heterocycles. The van der Waals surface area contributed by atoms with Crippen LogP contribution in [0.4, 0.5) is 0 Å². The number of nitrogens with two attached hydrogens (primary N) is 1. The zero-order chi connectivity index (χ0) is 9.14. The molecule has 0 aromatic carbocycles. The first-order chi connectivity index (χ1) is 5.61. The van der Waals surface area contributed by atoms with E-state index >= 15 is 0 Å². The molecule has 0 saturated heterocycles. The van der Waals surface area contributed by atoms with Gasteiger partial charge in [0.25, 0.3) is 0 Å². The van der Waals surface area contributed by atoms with Crippen LogP contribution in [0.15, 0.2) is 21.2 Å². The SMILES string of the molecule is N[C@H](CC(=O)O)c1occc1Br. The highest BCUT2D eigenvalue weighted by Crippen LogP contribution is 2.24. The molecule has 1 atom stereocenters. The lowest BCUT2D eigenvalue weighted by atomic mass is 10.2. The van der Waals surface area contributed by atoms with E-state index in [4.69, 9.17) is 15.3 Å². The molecule has 0 saturated carbocycles. The summed E-state index contributed by atoms with van der Waals surface area (Å²) in [6.45, 7) is 0. The standard InChI is InChI=1S/C7H8BrNO3/c8-4-1-2-12-7(4)5(9)3-6(10)11/h1-2,5H,3,9H2,(H,10,11)/t5-/m1/s1. The Balaban J connectivity index is 2.71. The highest BCUT2D eigenvalue weighted by molar-refractivity contribution is 9.10. The van der Waals surface area contributed by atoms with Gasteiger partial charge in [-0.2, -0.15) is 0 Å². The van der Waals surface area contributed by atoms with Crippen LogP contribution >= 0.6 is 15.9 Å². The van der Waals surface area contributed by atoms with E-state index in [0.717, 1.165) is 0 Å². The van der Waals surface area contributed by atoms with Gasteiger partial charge in [0, 0.05) is 0 Å². The summed E-state index contributed by atoms with van der Waals surface area (Å²) in [7, 11) is 0. The summed E-state index contributed by atoms with van der Waals surface area (Å²) >= 11 is 3.19. The smallest absolute Gasteiger partial charge is 0.305 e. The van der Waals surface area contributed by atoms with Crippen LogP contribution in [0.2, 0.25) is 0 Å². The molecule has 0 unspecified atom stereocenters. The van der Waals surface area contributed by atoms with E-state index in [2.05, 4.69) is 15.9 Å². The summed E-state index contributed by atoms with van der Waals surface area (Å²) in [6, 6.07) is 1.09. The van der Waals surface area contributed by atoms with Gasteiger partial charge in [0.1, 0.15) is 5.76 Å². The Kier molecular flexibility index (Phi) is 2.88. The molecule has 0 spiro atoms. The van der Waals surface area contributed by atoms with Gasteiger partial charge in [-0.05, 0) is 22.0 Å². The normalized spacial score (nSPS) is 12.8. The van der Waals surface area contributed by atoms with Crippen molar-refractivity contribution in [2.75, 3.05) is 0 Å². The molecule has 1 rings (SSSR count). The maximum absolute atomic E-state index is 10.3. The molecule has 0 bridgehead atoms. The van der Waals surface area contributed by atoms with Gasteiger partial charge < -0.3 is 15.3 Å². The van der Waals surface area contributed by atoms with Crippen molar-refractivity contribution in [1.29, 1.82) is 0 Å². The van der Waals surface area contributed by atoms with Gasteiger partial charge >= 0.3 is 5.97 Å². The second kappa shape index (κ2) is 3.73. The molecule has 66 valence electrons. The Morgan fingerprint density at radius 2 is 2.50 bits per heavy atom. The molecular formula is C7H8BrNO3. The highest BCUT2D eigenvalue weighted by atomic mass is 79.9. The van der Waals surface area contributed by atoms with Crippen LogP contribution in [0, 0.1) is 0 Å². The monoisotopic (exact) mass is 233 g/mol. The number of rotatable bonds is 3. The Hall–Kier alpha value is -0.810. The molecule has 5 heteroatoms. The first-order valence-corrected chi connectivity index (χ1v) is 4.11. The topological polar surface area (TPSA) is 76.5 Å². The van der Waals surface area contributed by atoms with E-state index in [1.165, 1.54) is 6.26 Å². The number of aliphatic carboxylic acids is 1. The predicted molar refractivity (Wildman–Crippen MR) is 45.6 cm³/mol. The minimum atomic E-state index is -0.939. The van der Waals surface area contributed by atoms with E-state index in [0.29, 0.717) is 10.2 Å². The van der Waals surface area contributed by atoms with Crippen molar-refractivity contribution < 1.29 is 14.3 Å². The fraction of sp³-hybridized carbons (Fsp3) is 0.286. The Labute approximate surface area is 77.5 Å². The summed E-state index contributed by atoms with van der Waals surface area (Å²) in [6.07, 6.45) is 1.33. The number of carboxylic acids is 1. The van der Waals surface area contributed by atoms with E-state index in [-0.39, 0.29) is 6.42 Å². The van der Waals surface area contributed by atoms with E-state index < -0.39 is 12.0 Å². The maximum Gasteiger partial charge on any atom is 0.305 e. The molecular weight excluding hydrogens is 226 g/mol. The summed E-state index contributed by atoms with van der Waals surface area (Å²) in [4.78, 5) is 10.3. The van der Waals surface area contributed by atoms with Crippen molar-refractivity contribution in [2.45, 2.75) is 12.5 Å². The predicted octanol–water partition coefficient (Wildman–Crippen LogP) is 1.52. The minimum Gasteiger partial charge on any atom is -0.481 e. The molecule has 1 heterocycles. The van der Waals surface area contributed by atoms with E-state index in [9.17, 15) is 4.79 Å². The van der Waals surface area contributed by atoms with Crippen LogP contribution in [-0.4, -0.2) is 11.1 Å². The summed E-state index contributed by atoms with van der Waals surface area (Å²) in [5.74, 6) is -0.469. The number of furan rings is 1. The molecule has 0 radical (unpaired) electrons. The van der Waals surface area contributed by atoms with Crippen molar-refractivity contribution in [3.63, 3.8) is 0 Å². The van der Waals surface area contributed by atoms with Crippen molar-refractivity contribution in [1.82, 2.24) is 0 Å². The van der Waals surface area contributed by atoms with Crippen LogP contribution in [0.25, 0.3) is 0 Å². The van der Waals surface area contributed by atoms with Crippen LogP contribution in [0.5, 0.6) is 0 Å². The minimum absolute atomic E-state index is 0.133. The molecule has 0 aliphatic rings.